The number of anilines is 1. The molecule has 0 saturated carbocycles. The number of sulfone groups is 1. The van der Waals surface area contributed by atoms with Crippen LogP contribution in [0, 0.1) is 11.7 Å². The summed E-state index contributed by atoms with van der Waals surface area (Å²) in [6.07, 6.45) is 0.810. The Kier molecular flexibility index (Phi) is 4.51. The number of hydrogen-bond donors (Lipinski definition) is 1. The predicted molar refractivity (Wildman–Crippen MR) is 67.8 cm³/mol. The van der Waals surface area contributed by atoms with Gasteiger partial charge in [0, 0.05) is 5.69 Å². The monoisotopic (exact) mass is 259 g/mol. The first kappa shape index (κ1) is 14.0. The minimum Gasteiger partial charge on any atom is -0.399 e. The fourth-order valence-electron chi connectivity index (χ4n) is 1.62. The average Bonchev–Trinajstić information content (AvgIpc) is 2.13. The third-order valence-electron chi connectivity index (χ3n) is 2.60. The van der Waals surface area contributed by atoms with E-state index in [4.69, 9.17) is 5.73 Å². The molecule has 0 bridgehead atoms. The lowest BCUT2D eigenvalue weighted by molar-refractivity contribution is 0.563. The molecule has 1 aromatic carbocycles. The van der Waals surface area contributed by atoms with Gasteiger partial charge in [0.05, 0.1) is 11.5 Å². The Labute approximate surface area is 102 Å². The molecule has 3 nitrogen and oxygen atoms in total. The van der Waals surface area contributed by atoms with Gasteiger partial charge in [0.2, 0.25) is 0 Å². The van der Waals surface area contributed by atoms with Crippen LogP contribution in [-0.4, -0.2) is 14.2 Å². The molecule has 0 aliphatic carbocycles. The highest BCUT2D eigenvalue weighted by Crippen LogP contribution is 2.16. The van der Waals surface area contributed by atoms with Crippen LogP contribution in [0.2, 0.25) is 0 Å². The maximum Gasteiger partial charge on any atom is 0.154 e. The van der Waals surface area contributed by atoms with Gasteiger partial charge in [0.1, 0.15) is 5.82 Å². The molecular formula is C12H18FNO2S. The van der Waals surface area contributed by atoms with Crippen LogP contribution in [0.3, 0.4) is 0 Å². The molecule has 0 aromatic heterocycles. The van der Waals surface area contributed by atoms with E-state index >= 15 is 0 Å². The predicted octanol–water partition coefficient (Wildman–Crippen LogP) is 2.37. The van der Waals surface area contributed by atoms with Gasteiger partial charge >= 0.3 is 0 Å². The van der Waals surface area contributed by atoms with Crippen molar-refractivity contribution in [2.24, 2.45) is 5.92 Å². The molecule has 0 saturated heterocycles. The zero-order valence-electron chi connectivity index (χ0n) is 10.1. The summed E-state index contributed by atoms with van der Waals surface area (Å²) in [6.45, 7) is 3.83. The number of rotatable bonds is 5. The van der Waals surface area contributed by atoms with Crippen LogP contribution in [0.15, 0.2) is 18.2 Å². The molecule has 1 aromatic rings. The van der Waals surface area contributed by atoms with Crippen molar-refractivity contribution in [1.82, 2.24) is 0 Å². The van der Waals surface area contributed by atoms with E-state index in [0.29, 0.717) is 5.56 Å². The van der Waals surface area contributed by atoms with Crippen molar-refractivity contribution >= 4 is 15.5 Å². The zero-order chi connectivity index (χ0) is 13.1. The lowest BCUT2D eigenvalue weighted by Crippen LogP contribution is -2.15. The van der Waals surface area contributed by atoms with E-state index in [0.717, 1.165) is 6.42 Å². The number of nitrogens with two attached hydrogens (primary N) is 1. The van der Waals surface area contributed by atoms with Crippen molar-refractivity contribution in [3.8, 4) is 0 Å². The van der Waals surface area contributed by atoms with Gasteiger partial charge in [-0.15, -0.1) is 0 Å². The molecule has 1 rings (SSSR count). The molecule has 0 spiro atoms. The largest absolute Gasteiger partial charge is 0.399 e. The minimum absolute atomic E-state index is 0.117. The first-order valence-corrected chi connectivity index (χ1v) is 7.40. The van der Waals surface area contributed by atoms with Crippen LogP contribution in [0.25, 0.3) is 0 Å². The highest BCUT2D eigenvalue weighted by Gasteiger charge is 2.16. The van der Waals surface area contributed by atoms with E-state index in [1.165, 1.54) is 18.2 Å². The maximum absolute atomic E-state index is 13.1. The van der Waals surface area contributed by atoms with Crippen molar-refractivity contribution in [2.75, 3.05) is 11.5 Å². The summed E-state index contributed by atoms with van der Waals surface area (Å²) >= 11 is 0. The molecule has 0 amide bonds. The second-order valence-electron chi connectivity index (χ2n) is 4.46. The third kappa shape index (κ3) is 4.73. The normalized spacial score (nSPS) is 13.6. The van der Waals surface area contributed by atoms with E-state index in [1.807, 2.05) is 13.8 Å². The van der Waals surface area contributed by atoms with Gasteiger partial charge in [0.25, 0.3) is 0 Å². The topological polar surface area (TPSA) is 60.2 Å². The fourth-order valence-corrected chi connectivity index (χ4v) is 3.52. The molecule has 1 unspecified atom stereocenters. The minimum atomic E-state index is -3.20. The lowest BCUT2D eigenvalue weighted by Gasteiger charge is -2.10. The molecule has 2 N–H and O–H groups in total. The van der Waals surface area contributed by atoms with Gasteiger partial charge in [-0.3, -0.25) is 0 Å². The zero-order valence-corrected chi connectivity index (χ0v) is 10.9. The Balaban J connectivity index is 2.83. The Morgan fingerprint density at radius 2 is 2.00 bits per heavy atom. The highest BCUT2D eigenvalue weighted by atomic mass is 32.2. The first-order valence-electron chi connectivity index (χ1n) is 5.57. The van der Waals surface area contributed by atoms with Crippen molar-refractivity contribution in [2.45, 2.75) is 26.0 Å². The number of nitrogen functional groups attached to an aromatic ring is 1. The average molecular weight is 259 g/mol. The maximum atomic E-state index is 13.1. The van der Waals surface area contributed by atoms with Crippen molar-refractivity contribution in [3.05, 3.63) is 29.6 Å². The Morgan fingerprint density at radius 3 is 2.53 bits per heavy atom. The van der Waals surface area contributed by atoms with Gasteiger partial charge in [-0.05, 0) is 29.7 Å². The van der Waals surface area contributed by atoms with E-state index < -0.39 is 15.7 Å². The summed E-state index contributed by atoms with van der Waals surface area (Å²) in [6, 6.07) is 3.88. The van der Waals surface area contributed by atoms with Gasteiger partial charge in [-0.1, -0.05) is 20.3 Å². The molecule has 0 radical (unpaired) electrons. The second kappa shape index (κ2) is 5.49. The van der Waals surface area contributed by atoms with E-state index in [-0.39, 0.29) is 23.1 Å². The molecule has 0 fully saturated rings. The van der Waals surface area contributed by atoms with Crippen LogP contribution in [0.1, 0.15) is 25.8 Å². The summed E-state index contributed by atoms with van der Waals surface area (Å²) in [5, 5.41) is 0. The van der Waals surface area contributed by atoms with E-state index in [2.05, 4.69) is 0 Å². The standard InChI is InChI=1S/C12H18FNO2S/c1-3-9(2)7-17(15,16)8-10-4-11(13)6-12(14)5-10/h4-6,9H,3,7-8,14H2,1-2H3. The summed E-state index contributed by atoms with van der Waals surface area (Å²) in [5.41, 5.74) is 6.13. The number of benzene rings is 1. The van der Waals surface area contributed by atoms with Gasteiger partial charge in [-0.25, -0.2) is 12.8 Å². The van der Waals surface area contributed by atoms with Crippen LogP contribution >= 0.6 is 0 Å². The van der Waals surface area contributed by atoms with Gasteiger partial charge in [-0.2, -0.15) is 0 Å². The summed E-state index contributed by atoms with van der Waals surface area (Å²) in [5.74, 6) is -0.413. The molecule has 0 aliphatic rings. The van der Waals surface area contributed by atoms with Crippen LogP contribution < -0.4 is 5.73 Å². The summed E-state index contributed by atoms with van der Waals surface area (Å²) < 4.78 is 36.7. The molecule has 0 heterocycles. The number of hydrogen-bond acceptors (Lipinski definition) is 3. The third-order valence-corrected chi connectivity index (χ3v) is 4.45. The van der Waals surface area contributed by atoms with Crippen LogP contribution in [0.5, 0.6) is 0 Å². The summed E-state index contributed by atoms with van der Waals surface area (Å²) in [7, 11) is -3.20. The Hall–Kier alpha value is -1.10. The van der Waals surface area contributed by atoms with Gasteiger partial charge < -0.3 is 5.73 Å². The molecule has 96 valence electrons. The quantitative estimate of drug-likeness (QED) is 0.826. The van der Waals surface area contributed by atoms with Crippen molar-refractivity contribution < 1.29 is 12.8 Å². The molecule has 0 aliphatic heterocycles. The van der Waals surface area contributed by atoms with Crippen molar-refractivity contribution in [3.63, 3.8) is 0 Å². The van der Waals surface area contributed by atoms with E-state index in [9.17, 15) is 12.8 Å². The van der Waals surface area contributed by atoms with Crippen LogP contribution in [0.4, 0.5) is 10.1 Å². The van der Waals surface area contributed by atoms with E-state index in [1.54, 1.807) is 0 Å². The first-order chi connectivity index (χ1) is 7.82. The Bertz CT molecular complexity index is 465. The lowest BCUT2D eigenvalue weighted by atomic mass is 10.2. The molecular weight excluding hydrogens is 241 g/mol. The Morgan fingerprint density at radius 1 is 1.35 bits per heavy atom. The SMILES string of the molecule is CCC(C)CS(=O)(=O)Cc1cc(N)cc(F)c1. The molecule has 1 atom stereocenters. The highest BCUT2D eigenvalue weighted by molar-refractivity contribution is 7.90. The summed E-state index contributed by atoms with van der Waals surface area (Å²) in [4.78, 5) is 0. The van der Waals surface area contributed by atoms with Gasteiger partial charge in [0.15, 0.2) is 9.84 Å². The van der Waals surface area contributed by atoms with Crippen LogP contribution in [-0.2, 0) is 15.6 Å². The molecule has 17 heavy (non-hydrogen) atoms. The molecule has 5 heteroatoms. The number of halogens is 1. The van der Waals surface area contributed by atoms with Crippen molar-refractivity contribution in [1.29, 1.82) is 0 Å². The second-order valence-corrected chi connectivity index (χ2v) is 6.57. The fraction of sp³-hybridized carbons (Fsp3) is 0.500. The smallest absolute Gasteiger partial charge is 0.154 e.